The fourth-order valence-electron chi connectivity index (χ4n) is 2.09. The van der Waals surface area contributed by atoms with E-state index in [9.17, 15) is 4.21 Å². The minimum Gasteiger partial charge on any atom is -0.312 e. The quantitative estimate of drug-likeness (QED) is 0.858. The molecular formula is C15H25NOS. The highest BCUT2D eigenvalue weighted by Crippen LogP contribution is 2.20. The summed E-state index contributed by atoms with van der Waals surface area (Å²) in [6.45, 7) is 8.44. The molecule has 0 spiro atoms. The van der Waals surface area contributed by atoms with Crippen LogP contribution in [-0.2, 0) is 10.8 Å². The van der Waals surface area contributed by atoms with E-state index in [1.807, 2.05) is 7.05 Å². The van der Waals surface area contributed by atoms with Crippen LogP contribution in [0.1, 0.15) is 36.6 Å². The highest BCUT2D eigenvalue weighted by atomic mass is 32.2. The summed E-state index contributed by atoms with van der Waals surface area (Å²) in [5.41, 5.74) is 3.79. The molecule has 0 heterocycles. The molecule has 0 bridgehead atoms. The molecule has 3 heteroatoms. The van der Waals surface area contributed by atoms with Crippen molar-refractivity contribution in [3.63, 3.8) is 0 Å². The van der Waals surface area contributed by atoms with Crippen LogP contribution in [0, 0.1) is 19.8 Å². The van der Waals surface area contributed by atoms with Crippen molar-refractivity contribution in [3.05, 3.63) is 34.9 Å². The molecule has 0 aliphatic carbocycles. The summed E-state index contributed by atoms with van der Waals surface area (Å²) < 4.78 is 12.1. The van der Waals surface area contributed by atoms with Gasteiger partial charge in [0, 0.05) is 28.3 Å². The predicted octanol–water partition coefficient (Wildman–Crippen LogP) is 2.97. The van der Waals surface area contributed by atoms with E-state index in [1.54, 1.807) is 0 Å². The van der Waals surface area contributed by atoms with Crippen molar-refractivity contribution < 1.29 is 4.21 Å². The Bertz CT molecular complexity index is 415. The lowest BCUT2D eigenvalue weighted by atomic mass is 10.0. The van der Waals surface area contributed by atoms with E-state index < -0.39 is 10.8 Å². The van der Waals surface area contributed by atoms with Gasteiger partial charge in [0.1, 0.15) is 0 Å². The Hall–Kier alpha value is -0.670. The second-order valence-corrected chi connectivity index (χ2v) is 6.91. The summed E-state index contributed by atoms with van der Waals surface area (Å²) in [6.07, 6.45) is 0. The first-order valence-corrected chi connectivity index (χ1v) is 8.02. The third-order valence-electron chi connectivity index (χ3n) is 3.03. The van der Waals surface area contributed by atoms with Gasteiger partial charge in [-0.2, -0.15) is 0 Å². The van der Waals surface area contributed by atoms with E-state index in [0.29, 0.717) is 11.7 Å². The second kappa shape index (κ2) is 7.05. The van der Waals surface area contributed by atoms with Crippen LogP contribution in [0.5, 0.6) is 0 Å². The molecule has 2 nitrogen and oxygen atoms in total. The van der Waals surface area contributed by atoms with Crippen molar-refractivity contribution >= 4 is 10.8 Å². The van der Waals surface area contributed by atoms with E-state index in [2.05, 4.69) is 51.2 Å². The summed E-state index contributed by atoms with van der Waals surface area (Å²) in [7, 11) is 1.19. The molecule has 2 atom stereocenters. The number of rotatable bonds is 6. The molecule has 18 heavy (non-hydrogen) atoms. The zero-order valence-corrected chi connectivity index (χ0v) is 12.9. The first-order chi connectivity index (χ1) is 8.43. The molecule has 0 saturated carbocycles. The van der Waals surface area contributed by atoms with E-state index in [1.165, 1.54) is 16.7 Å². The predicted molar refractivity (Wildman–Crippen MR) is 80.4 cm³/mol. The molecule has 0 saturated heterocycles. The summed E-state index contributed by atoms with van der Waals surface area (Å²) in [6, 6.07) is 6.64. The van der Waals surface area contributed by atoms with Gasteiger partial charge in [0.15, 0.2) is 0 Å². The molecule has 0 fully saturated rings. The molecule has 1 rings (SSSR count). The van der Waals surface area contributed by atoms with Gasteiger partial charge in [-0.3, -0.25) is 4.21 Å². The SMILES string of the molecule is CNC(CS(=O)CC(C)C)c1cc(C)ccc1C. The Kier molecular flexibility index (Phi) is 6.03. The van der Waals surface area contributed by atoms with Crippen molar-refractivity contribution in [2.24, 2.45) is 5.92 Å². The molecule has 102 valence electrons. The average Bonchev–Trinajstić information content (AvgIpc) is 2.28. The van der Waals surface area contributed by atoms with E-state index >= 15 is 0 Å². The van der Waals surface area contributed by atoms with Crippen molar-refractivity contribution in [2.45, 2.75) is 33.7 Å². The molecule has 0 amide bonds. The van der Waals surface area contributed by atoms with Crippen LogP contribution >= 0.6 is 0 Å². The number of benzene rings is 1. The van der Waals surface area contributed by atoms with Crippen molar-refractivity contribution in [1.82, 2.24) is 5.32 Å². The van der Waals surface area contributed by atoms with Crippen LogP contribution in [-0.4, -0.2) is 22.8 Å². The first kappa shape index (κ1) is 15.4. The van der Waals surface area contributed by atoms with Gasteiger partial charge >= 0.3 is 0 Å². The molecule has 1 aromatic carbocycles. The van der Waals surface area contributed by atoms with E-state index in [-0.39, 0.29) is 6.04 Å². The topological polar surface area (TPSA) is 29.1 Å². The highest BCUT2D eigenvalue weighted by molar-refractivity contribution is 7.85. The van der Waals surface area contributed by atoms with Crippen LogP contribution in [0.2, 0.25) is 0 Å². The molecule has 0 radical (unpaired) electrons. The first-order valence-electron chi connectivity index (χ1n) is 6.53. The molecular weight excluding hydrogens is 242 g/mol. The number of nitrogens with one attached hydrogen (secondary N) is 1. The Morgan fingerprint density at radius 3 is 2.44 bits per heavy atom. The zero-order valence-electron chi connectivity index (χ0n) is 12.1. The lowest BCUT2D eigenvalue weighted by Gasteiger charge is -2.19. The highest BCUT2D eigenvalue weighted by Gasteiger charge is 2.16. The van der Waals surface area contributed by atoms with Gasteiger partial charge in [-0.1, -0.05) is 37.6 Å². The van der Waals surface area contributed by atoms with Gasteiger partial charge in [-0.15, -0.1) is 0 Å². The Balaban J connectivity index is 2.83. The van der Waals surface area contributed by atoms with Gasteiger partial charge < -0.3 is 5.32 Å². The summed E-state index contributed by atoms with van der Waals surface area (Å²) >= 11 is 0. The molecule has 0 aliphatic rings. The van der Waals surface area contributed by atoms with Crippen molar-refractivity contribution in [1.29, 1.82) is 0 Å². The number of hydrogen-bond donors (Lipinski definition) is 1. The molecule has 0 aromatic heterocycles. The van der Waals surface area contributed by atoms with Crippen LogP contribution in [0.4, 0.5) is 0 Å². The fourth-order valence-corrected chi connectivity index (χ4v) is 3.69. The minimum atomic E-state index is -0.758. The zero-order chi connectivity index (χ0) is 13.7. The third-order valence-corrected chi connectivity index (χ3v) is 4.77. The molecule has 0 aliphatic heterocycles. The fraction of sp³-hybridized carbons (Fsp3) is 0.600. The van der Waals surface area contributed by atoms with E-state index in [4.69, 9.17) is 0 Å². The Morgan fingerprint density at radius 1 is 1.22 bits per heavy atom. The largest absolute Gasteiger partial charge is 0.312 e. The molecule has 2 unspecified atom stereocenters. The standard InChI is InChI=1S/C15H25NOS/c1-11(2)9-18(17)10-15(16-5)14-8-12(3)6-7-13(14)4/h6-8,11,15-16H,9-10H2,1-5H3. The third kappa shape index (κ3) is 4.54. The van der Waals surface area contributed by atoms with Crippen LogP contribution in [0.25, 0.3) is 0 Å². The Labute approximate surface area is 114 Å². The number of aryl methyl sites for hydroxylation is 2. The normalized spacial score (nSPS) is 14.8. The van der Waals surface area contributed by atoms with E-state index in [0.717, 1.165) is 5.75 Å². The maximum absolute atomic E-state index is 12.1. The average molecular weight is 267 g/mol. The van der Waals surface area contributed by atoms with Gasteiger partial charge in [0.2, 0.25) is 0 Å². The Morgan fingerprint density at radius 2 is 1.89 bits per heavy atom. The second-order valence-electron chi connectivity index (χ2n) is 5.37. The lowest BCUT2D eigenvalue weighted by Crippen LogP contribution is -2.25. The number of hydrogen-bond acceptors (Lipinski definition) is 2. The molecule has 1 N–H and O–H groups in total. The maximum Gasteiger partial charge on any atom is 0.0437 e. The van der Waals surface area contributed by atoms with Gasteiger partial charge in [0.25, 0.3) is 0 Å². The van der Waals surface area contributed by atoms with Gasteiger partial charge in [0.05, 0.1) is 0 Å². The smallest absolute Gasteiger partial charge is 0.0437 e. The van der Waals surface area contributed by atoms with Crippen LogP contribution in [0.15, 0.2) is 18.2 Å². The van der Waals surface area contributed by atoms with Crippen LogP contribution < -0.4 is 5.32 Å². The minimum absolute atomic E-state index is 0.185. The van der Waals surface area contributed by atoms with Crippen LogP contribution in [0.3, 0.4) is 0 Å². The monoisotopic (exact) mass is 267 g/mol. The van der Waals surface area contributed by atoms with Gasteiger partial charge in [-0.25, -0.2) is 0 Å². The maximum atomic E-state index is 12.1. The summed E-state index contributed by atoms with van der Waals surface area (Å²) in [5.74, 6) is 1.96. The lowest BCUT2D eigenvalue weighted by molar-refractivity contribution is 0.624. The van der Waals surface area contributed by atoms with Gasteiger partial charge in [-0.05, 0) is 37.9 Å². The summed E-state index contributed by atoms with van der Waals surface area (Å²) in [5, 5.41) is 3.30. The summed E-state index contributed by atoms with van der Waals surface area (Å²) in [4.78, 5) is 0. The molecule has 1 aromatic rings. The van der Waals surface area contributed by atoms with Crippen molar-refractivity contribution in [2.75, 3.05) is 18.6 Å². The van der Waals surface area contributed by atoms with Crippen molar-refractivity contribution in [3.8, 4) is 0 Å².